The topological polar surface area (TPSA) is 66.2 Å². The molecule has 3 heterocycles. The first-order valence-corrected chi connectivity index (χ1v) is 11.5. The van der Waals surface area contributed by atoms with E-state index >= 15 is 0 Å². The molecular weight excluding hydrogens is 400 g/mol. The van der Waals surface area contributed by atoms with Crippen LogP contribution in [0.2, 0.25) is 0 Å². The summed E-state index contributed by atoms with van der Waals surface area (Å²) in [5.41, 5.74) is 4.30. The van der Waals surface area contributed by atoms with Crippen LogP contribution in [0.15, 0.2) is 53.7 Å². The number of pyridine rings is 1. The Hall–Kier alpha value is -3.06. The SMILES string of the molecule is CCNC(=NCc1cn2c(C)cccc2n1)NCC(c1ccccc1OC)N1CCCC1. The molecule has 1 aromatic carbocycles. The van der Waals surface area contributed by atoms with Crippen molar-refractivity contribution in [3.63, 3.8) is 0 Å². The number of ether oxygens (including phenoxy) is 1. The highest BCUT2D eigenvalue weighted by Crippen LogP contribution is 2.31. The Kier molecular flexibility index (Phi) is 7.27. The minimum Gasteiger partial charge on any atom is -0.496 e. The van der Waals surface area contributed by atoms with Crippen LogP contribution < -0.4 is 15.4 Å². The molecule has 32 heavy (non-hydrogen) atoms. The zero-order chi connectivity index (χ0) is 22.3. The standard InChI is InChI=1S/C25H34N6O/c1-4-26-25(27-16-20-18-31-19(2)10-9-13-24(31)29-20)28-17-22(30-14-7-8-15-30)21-11-5-6-12-23(21)32-3/h5-6,9-13,18,22H,4,7-8,14-17H2,1-3H3,(H2,26,27,28). The number of para-hydroxylation sites is 1. The Labute approximate surface area is 190 Å². The number of nitrogens with one attached hydrogen (secondary N) is 2. The van der Waals surface area contributed by atoms with Crippen LogP contribution in [-0.4, -0.2) is 53.5 Å². The lowest BCUT2D eigenvalue weighted by atomic mass is 10.0. The van der Waals surface area contributed by atoms with E-state index in [9.17, 15) is 0 Å². The minimum absolute atomic E-state index is 0.232. The average molecular weight is 435 g/mol. The van der Waals surface area contributed by atoms with E-state index in [0.717, 1.165) is 49.2 Å². The quantitative estimate of drug-likeness (QED) is 0.419. The van der Waals surface area contributed by atoms with Gasteiger partial charge in [-0.2, -0.15) is 0 Å². The number of likely N-dealkylation sites (tertiary alicyclic amines) is 1. The number of fused-ring (bicyclic) bond motifs is 1. The number of methoxy groups -OCH3 is 1. The summed E-state index contributed by atoms with van der Waals surface area (Å²) < 4.78 is 7.78. The first-order valence-electron chi connectivity index (χ1n) is 11.5. The highest BCUT2D eigenvalue weighted by Gasteiger charge is 2.26. The molecule has 7 nitrogen and oxygen atoms in total. The molecule has 1 unspecified atom stereocenters. The maximum Gasteiger partial charge on any atom is 0.191 e. The number of hydrogen-bond acceptors (Lipinski definition) is 4. The molecule has 1 aliphatic rings. The second kappa shape index (κ2) is 10.5. The molecule has 1 fully saturated rings. The molecule has 170 valence electrons. The van der Waals surface area contributed by atoms with Crippen LogP contribution in [-0.2, 0) is 6.54 Å². The van der Waals surface area contributed by atoms with Gasteiger partial charge in [0.05, 0.1) is 25.4 Å². The second-order valence-electron chi connectivity index (χ2n) is 8.20. The van der Waals surface area contributed by atoms with Crippen LogP contribution in [0.5, 0.6) is 5.75 Å². The van der Waals surface area contributed by atoms with Gasteiger partial charge in [0, 0.05) is 30.5 Å². The van der Waals surface area contributed by atoms with E-state index in [1.165, 1.54) is 24.1 Å². The molecule has 1 atom stereocenters. The van der Waals surface area contributed by atoms with Crippen LogP contribution in [0.3, 0.4) is 0 Å². The number of aliphatic imine (C=N–C) groups is 1. The number of aromatic nitrogens is 2. The summed E-state index contributed by atoms with van der Waals surface area (Å²) >= 11 is 0. The Morgan fingerprint density at radius 3 is 2.69 bits per heavy atom. The van der Waals surface area contributed by atoms with E-state index in [-0.39, 0.29) is 6.04 Å². The first kappa shape index (κ1) is 22.1. The smallest absolute Gasteiger partial charge is 0.191 e. The molecular formula is C25H34N6O. The Morgan fingerprint density at radius 1 is 1.12 bits per heavy atom. The van der Waals surface area contributed by atoms with Crippen molar-refractivity contribution in [2.75, 3.05) is 33.3 Å². The highest BCUT2D eigenvalue weighted by atomic mass is 16.5. The lowest BCUT2D eigenvalue weighted by Gasteiger charge is -2.30. The molecule has 2 aromatic heterocycles. The normalized spacial score (nSPS) is 15.8. The van der Waals surface area contributed by atoms with Gasteiger partial charge in [-0.1, -0.05) is 24.3 Å². The van der Waals surface area contributed by atoms with Gasteiger partial charge in [-0.3, -0.25) is 4.90 Å². The van der Waals surface area contributed by atoms with Gasteiger partial charge in [-0.05, 0) is 58.0 Å². The number of hydrogen-bond donors (Lipinski definition) is 2. The van der Waals surface area contributed by atoms with Crippen LogP contribution >= 0.6 is 0 Å². The summed E-state index contributed by atoms with van der Waals surface area (Å²) in [6.45, 7) is 8.49. The van der Waals surface area contributed by atoms with E-state index in [1.807, 2.05) is 24.3 Å². The van der Waals surface area contributed by atoms with Crippen molar-refractivity contribution >= 4 is 11.6 Å². The lowest BCUT2D eigenvalue weighted by molar-refractivity contribution is 0.239. The fourth-order valence-corrected chi connectivity index (χ4v) is 4.40. The van der Waals surface area contributed by atoms with Gasteiger partial charge in [-0.25, -0.2) is 9.98 Å². The van der Waals surface area contributed by atoms with Gasteiger partial charge in [0.2, 0.25) is 0 Å². The predicted octanol–water partition coefficient (Wildman–Crippen LogP) is 3.54. The molecule has 7 heteroatoms. The van der Waals surface area contributed by atoms with Gasteiger partial charge in [-0.15, -0.1) is 0 Å². The lowest BCUT2D eigenvalue weighted by Crippen LogP contribution is -2.42. The maximum absolute atomic E-state index is 5.67. The van der Waals surface area contributed by atoms with Gasteiger partial charge in [0.1, 0.15) is 11.4 Å². The highest BCUT2D eigenvalue weighted by molar-refractivity contribution is 5.79. The summed E-state index contributed by atoms with van der Waals surface area (Å²) in [6, 6.07) is 14.7. The van der Waals surface area contributed by atoms with E-state index in [2.05, 4.69) is 58.2 Å². The summed E-state index contributed by atoms with van der Waals surface area (Å²) in [5.74, 6) is 1.74. The summed E-state index contributed by atoms with van der Waals surface area (Å²) in [6.07, 6.45) is 4.56. The first-order chi connectivity index (χ1) is 15.7. The van der Waals surface area contributed by atoms with Crippen molar-refractivity contribution in [2.45, 2.75) is 39.3 Å². The van der Waals surface area contributed by atoms with E-state index < -0.39 is 0 Å². The van der Waals surface area contributed by atoms with Gasteiger partial charge in [0.25, 0.3) is 0 Å². The molecule has 0 amide bonds. The molecule has 2 N–H and O–H groups in total. The molecule has 0 spiro atoms. The number of aryl methyl sites for hydroxylation is 1. The number of imidazole rings is 1. The van der Waals surface area contributed by atoms with Crippen LogP contribution in [0.4, 0.5) is 0 Å². The van der Waals surface area contributed by atoms with Crippen LogP contribution in [0, 0.1) is 6.92 Å². The minimum atomic E-state index is 0.232. The molecule has 1 aliphatic heterocycles. The number of guanidine groups is 1. The van der Waals surface area contributed by atoms with Gasteiger partial charge in [0.15, 0.2) is 5.96 Å². The number of benzene rings is 1. The molecule has 4 rings (SSSR count). The largest absolute Gasteiger partial charge is 0.496 e. The number of rotatable bonds is 8. The molecule has 0 bridgehead atoms. The Morgan fingerprint density at radius 2 is 1.94 bits per heavy atom. The van der Waals surface area contributed by atoms with Crippen molar-refractivity contribution in [3.8, 4) is 5.75 Å². The maximum atomic E-state index is 5.67. The third kappa shape index (κ3) is 5.05. The predicted molar refractivity (Wildman–Crippen MR) is 129 cm³/mol. The van der Waals surface area contributed by atoms with Crippen molar-refractivity contribution < 1.29 is 4.74 Å². The summed E-state index contributed by atoms with van der Waals surface area (Å²) in [7, 11) is 1.75. The fourth-order valence-electron chi connectivity index (χ4n) is 4.40. The molecule has 0 saturated carbocycles. The molecule has 1 saturated heterocycles. The van der Waals surface area contributed by atoms with Crippen molar-refractivity contribution in [1.29, 1.82) is 0 Å². The van der Waals surface area contributed by atoms with E-state index in [0.29, 0.717) is 6.54 Å². The van der Waals surface area contributed by atoms with Crippen molar-refractivity contribution in [1.82, 2.24) is 24.9 Å². The molecule has 0 radical (unpaired) electrons. The van der Waals surface area contributed by atoms with E-state index in [4.69, 9.17) is 14.7 Å². The van der Waals surface area contributed by atoms with Crippen LogP contribution in [0.25, 0.3) is 5.65 Å². The second-order valence-corrected chi connectivity index (χ2v) is 8.20. The third-order valence-corrected chi connectivity index (χ3v) is 6.03. The Bertz CT molecular complexity index is 1050. The van der Waals surface area contributed by atoms with Crippen molar-refractivity contribution in [2.24, 2.45) is 4.99 Å². The average Bonchev–Trinajstić information content (AvgIpc) is 3.48. The summed E-state index contributed by atoms with van der Waals surface area (Å²) in [5, 5.41) is 6.95. The fraction of sp³-hybridized carbons (Fsp3) is 0.440. The van der Waals surface area contributed by atoms with Gasteiger partial charge < -0.3 is 19.8 Å². The van der Waals surface area contributed by atoms with Crippen molar-refractivity contribution in [3.05, 3.63) is 65.6 Å². The Balaban J connectivity index is 1.50. The van der Waals surface area contributed by atoms with Gasteiger partial charge >= 0.3 is 0 Å². The van der Waals surface area contributed by atoms with E-state index in [1.54, 1.807) is 7.11 Å². The van der Waals surface area contributed by atoms with Crippen LogP contribution in [0.1, 0.15) is 42.8 Å². The molecule has 3 aromatic rings. The number of nitrogens with zero attached hydrogens (tertiary/aromatic N) is 4. The molecule has 0 aliphatic carbocycles. The zero-order valence-electron chi connectivity index (χ0n) is 19.3. The summed E-state index contributed by atoms with van der Waals surface area (Å²) in [4.78, 5) is 12.1. The third-order valence-electron chi connectivity index (χ3n) is 6.03. The zero-order valence-corrected chi connectivity index (χ0v) is 19.3. The monoisotopic (exact) mass is 434 g/mol.